The predicted molar refractivity (Wildman–Crippen MR) is 67.3 cm³/mol. The predicted octanol–water partition coefficient (Wildman–Crippen LogP) is 3.66. The van der Waals surface area contributed by atoms with Crippen LogP contribution in [0.4, 0.5) is 0 Å². The second kappa shape index (κ2) is 6.73. The second-order valence-corrected chi connectivity index (χ2v) is 4.07. The highest BCUT2D eigenvalue weighted by molar-refractivity contribution is 9.10. The topological polar surface area (TPSA) is 86.1 Å². The van der Waals surface area contributed by atoms with Crippen LogP contribution in [0.25, 0.3) is 10.4 Å². The van der Waals surface area contributed by atoms with Gasteiger partial charge in [-0.2, -0.15) is 0 Å². The molecule has 0 radical (unpaired) electrons. The van der Waals surface area contributed by atoms with Gasteiger partial charge in [-0.15, -0.1) is 0 Å². The van der Waals surface area contributed by atoms with Crippen LogP contribution in [0.3, 0.4) is 0 Å². The van der Waals surface area contributed by atoms with E-state index in [1.165, 1.54) is 6.08 Å². The van der Waals surface area contributed by atoms with Crippen LogP contribution >= 0.6 is 15.9 Å². The number of nitrogens with zero attached hydrogens (tertiary/aromatic N) is 3. The maximum Gasteiger partial charge on any atom is 0.337 e. The number of benzene rings is 1. The lowest BCUT2D eigenvalue weighted by atomic mass is 10.1. The van der Waals surface area contributed by atoms with E-state index in [2.05, 4.69) is 26.0 Å². The molecule has 1 aromatic rings. The highest BCUT2D eigenvalue weighted by Gasteiger charge is 2.03. The molecule has 0 saturated carbocycles. The van der Waals surface area contributed by atoms with Crippen molar-refractivity contribution in [3.63, 3.8) is 0 Å². The fraction of sp³-hybridized carbons (Fsp3) is 0.182. The molecule has 0 spiro atoms. The van der Waals surface area contributed by atoms with E-state index >= 15 is 0 Å². The molecule has 0 amide bonds. The van der Waals surface area contributed by atoms with E-state index in [1.54, 1.807) is 0 Å². The molecular formula is C11H10BrN3O2. The molecule has 1 aromatic carbocycles. The Bertz CT molecular complexity index is 489. The molecule has 0 bridgehead atoms. The largest absolute Gasteiger partial charge is 0.478 e. The maximum atomic E-state index is 10.7. The number of allylic oxidation sites excluding steroid dienone is 1. The van der Waals surface area contributed by atoms with Gasteiger partial charge >= 0.3 is 5.97 Å². The third kappa shape index (κ3) is 4.30. The minimum Gasteiger partial charge on any atom is -0.478 e. The first kappa shape index (κ1) is 13.3. The summed E-state index contributed by atoms with van der Waals surface area (Å²) in [6.07, 6.45) is 2.60. The molecule has 0 heterocycles. The zero-order chi connectivity index (χ0) is 12.7. The number of carboxylic acid groups (broad SMARTS) is 1. The van der Waals surface area contributed by atoms with E-state index in [-0.39, 0.29) is 5.70 Å². The van der Waals surface area contributed by atoms with E-state index in [0.717, 1.165) is 10.0 Å². The van der Waals surface area contributed by atoms with Crippen LogP contribution in [0, 0.1) is 0 Å². The van der Waals surface area contributed by atoms with Crippen molar-refractivity contribution in [2.75, 3.05) is 0 Å². The number of carboxylic acids is 1. The van der Waals surface area contributed by atoms with E-state index in [9.17, 15) is 4.79 Å². The lowest BCUT2D eigenvalue weighted by Crippen LogP contribution is -1.97. The number of aliphatic carboxylic acids is 1. The summed E-state index contributed by atoms with van der Waals surface area (Å²) in [5.74, 6) is -1.21. The normalized spacial score (nSPS) is 10.8. The van der Waals surface area contributed by atoms with Crippen LogP contribution in [-0.2, 0) is 11.2 Å². The Kier molecular flexibility index (Phi) is 5.26. The first-order valence-electron chi connectivity index (χ1n) is 4.87. The fourth-order valence-electron chi connectivity index (χ4n) is 1.28. The van der Waals surface area contributed by atoms with Crippen LogP contribution in [0.1, 0.15) is 12.0 Å². The third-order valence-corrected chi connectivity index (χ3v) is 2.85. The van der Waals surface area contributed by atoms with E-state index < -0.39 is 5.97 Å². The molecule has 1 rings (SSSR count). The van der Waals surface area contributed by atoms with Gasteiger partial charge in [-0.3, -0.25) is 0 Å². The molecule has 5 nitrogen and oxygen atoms in total. The standard InChI is InChI=1S/C11H10BrN3O2/c12-9-6-2-1-4-8(9)5-3-7-10(11(16)17)14-15-13/h1-2,4,6-7H,3,5H2,(H,16,17). The summed E-state index contributed by atoms with van der Waals surface area (Å²) >= 11 is 3.40. The quantitative estimate of drug-likeness (QED) is 0.389. The van der Waals surface area contributed by atoms with E-state index in [4.69, 9.17) is 10.6 Å². The van der Waals surface area contributed by atoms with Crippen molar-refractivity contribution in [3.8, 4) is 0 Å². The first-order valence-corrected chi connectivity index (χ1v) is 5.66. The number of rotatable bonds is 5. The van der Waals surface area contributed by atoms with Crippen LogP contribution in [0.15, 0.2) is 45.6 Å². The summed E-state index contributed by atoms with van der Waals surface area (Å²) in [5, 5.41) is 11.8. The molecule has 0 aliphatic carbocycles. The average molecular weight is 296 g/mol. The Balaban J connectivity index is 2.68. The SMILES string of the molecule is [N-]=[N+]=NC(=CCCc1ccccc1Br)C(=O)O. The van der Waals surface area contributed by atoms with Crippen molar-refractivity contribution in [2.24, 2.45) is 5.11 Å². The second-order valence-electron chi connectivity index (χ2n) is 3.21. The number of azide groups is 1. The number of aryl methyl sites for hydroxylation is 1. The minimum atomic E-state index is -1.21. The molecule has 6 heteroatoms. The molecule has 0 atom stereocenters. The van der Waals surface area contributed by atoms with Crippen molar-refractivity contribution in [2.45, 2.75) is 12.8 Å². The summed E-state index contributed by atoms with van der Waals surface area (Å²) in [7, 11) is 0. The molecule has 0 aliphatic heterocycles. The van der Waals surface area contributed by atoms with Gasteiger partial charge in [-0.05, 0) is 30.0 Å². The highest BCUT2D eigenvalue weighted by Crippen LogP contribution is 2.17. The Morgan fingerprint density at radius 2 is 2.24 bits per heavy atom. The fourth-order valence-corrected chi connectivity index (χ4v) is 1.77. The minimum absolute atomic E-state index is 0.264. The Morgan fingerprint density at radius 3 is 2.82 bits per heavy atom. The zero-order valence-corrected chi connectivity index (χ0v) is 10.5. The lowest BCUT2D eigenvalue weighted by Gasteiger charge is -2.01. The monoisotopic (exact) mass is 295 g/mol. The van der Waals surface area contributed by atoms with Crippen molar-refractivity contribution in [3.05, 3.63) is 56.5 Å². The van der Waals surface area contributed by atoms with Gasteiger partial charge in [0.2, 0.25) is 0 Å². The summed E-state index contributed by atoms with van der Waals surface area (Å²) in [4.78, 5) is 13.1. The van der Waals surface area contributed by atoms with E-state index in [0.29, 0.717) is 12.8 Å². The van der Waals surface area contributed by atoms with Crippen molar-refractivity contribution >= 4 is 21.9 Å². The van der Waals surface area contributed by atoms with Crippen LogP contribution in [0.5, 0.6) is 0 Å². The molecule has 0 unspecified atom stereocenters. The summed E-state index contributed by atoms with van der Waals surface area (Å²) in [6, 6.07) is 7.69. The van der Waals surface area contributed by atoms with Crippen LogP contribution in [-0.4, -0.2) is 11.1 Å². The van der Waals surface area contributed by atoms with Gasteiger partial charge in [0.1, 0.15) is 5.70 Å². The number of hydrogen-bond acceptors (Lipinski definition) is 2. The Hall–Kier alpha value is -1.78. The molecule has 0 saturated heterocycles. The summed E-state index contributed by atoms with van der Waals surface area (Å²) < 4.78 is 0.981. The van der Waals surface area contributed by atoms with Gasteiger partial charge in [0, 0.05) is 9.38 Å². The molecule has 88 valence electrons. The first-order chi connectivity index (χ1) is 8.15. The van der Waals surface area contributed by atoms with Gasteiger partial charge < -0.3 is 5.11 Å². The molecule has 0 aromatic heterocycles. The van der Waals surface area contributed by atoms with Crippen LogP contribution < -0.4 is 0 Å². The van der Waals surface area contributed by atoms with Gasteiger partial charge in [-0.25, -0.2) is 4.79 Å². The average Bonchev–Trinajstić information content (AvgIpc) is 2.30. The van der Waals surface area contributed by atoms with Crippen LogP contribution in [0.2, 0.25) is 0 Å². The Labute approximate surface area is 107 Å². The van der Waals surface area contributed by atoms with Gasteiger partial charge in [0.25, 0.3) is 0 Å². The van der Waals surface area contributed by atoms with Gasteiger partial charge in [-0.1, -0.05) is 45.3 Å². The smallest absolute Gasteiger partial charge is 0.337 e. The molecule has 0 aliphatic rings. The highest BCUT2D eigenvalue weighted by atomic mass is 79.9. The number of halogens is 1. The maximum absolute atomic E-state index is 10.7. The molecule has 0 fully saturated rings. The van der Waals surface area contributed by atoms with E-state index in [1.807, 2.05) is 24.3 Å². The summed E-state index contributed by atoms with van der Waals surface area (Å²) in [6.45, 7) is 0. The molecule has 1 N–H and O–H groups in total. The number of carbonyl (C=O) groups is 1. The van der Waals surface area contributed by atoms with Gasteiger partial charge in [0.15, 0.2) is 0 Å². The van der Waals surface area contributed by atoms with Crippen molar-refractivity contribution in [1.29, 1.82) is 0 Å². The van der Waals surface area contributed by atoms with Crippen molar-refractivity contribution in [1.82, 2.24) is 0 Å². The van der Waals surface area contributed by atoms with Crippen molar-refractivity contribution < 1.29 is 9.90 Å². The molecule has 17 heavy (non-hydrogen) atoms. The lowest BCUT2D eigenvalue weighted by molar-refractivity contribution is -0.132. The number of hydrogen-bond donors (Lipinski definition) is 1. The zero-order valence-electron chi connectivity index (χ0n) is 8.88. The third-order valence-electron chi connectivity index (χ3n) is 2.08. The van der Waals surface area contributed by atoms with Gasteiger partial charge in [0.05, 0.1) is 0 Å². The molecular weight excluding hydrogens is 286 g/mol. The Morgan fingerprint density at radius 1 is 1.53 bits per heavy atom. The summed E-state index contributed by atoms with van der Waals surface area (Å²) in [5.41, 5.74) is 9.01.